The molecule has 0 aromatic rings. The van der Waals surface area contributed by atoms with Crippen molar-refractivity contribution < 1.29 is 33.6 Å². The number of urea groups is 1. The fourth-order valence-corrected chi connectivity index (χ4v) is 3.38. The molecule has 3 rings (SSSR count). The molecule has 3 N–H and O–H groups in total. The minimum Gasteiger partial charge on any atom is -0.477 e. The molecule has 0 spiro atoms. The van der Waals surface area contributed by atoms with E-state index in [9.17, 15) is 18.8 Å². The van der Waals surface area contributed by atoms with Crippen molar-refractivity contribution in [3.05, 3.63) is 11.6 Å². The van der Waals surface area contributed by atoms with Gasteiger partial charge in [0.25, 0.3) is 5.91 Å². The number of nitrogens with zero attached hydrogens (tertiary/aromatic N) is 2. The number of alkyl halides is 1. The Kier molecular flexibility index (Phi) is 5.39. The zero-order chi connectivity index (χ0) is 18.8. The number of halogens is 1. The molecule has 3 aliphatic heterocycles. The molecular weight excluding hydrogens is 351 g/mol. The highest BCUT2D eigenvalue weighted by Crippen LogP contribution is 2.30. The summed E-state index contributed by atoms with van der Waals surface area (Å²) in [6, 6.07) is -2.18. The predicted octanol–water partition coefficient (Wildman–Crippen LogP) is -0.467. The Labute approximate surface area is 148 Å². The van der Waals surface area contributed by atoms with Crippen LogP contribution in [0.25, 0.3) is 0 Å². The number of carbonyl (C=O) groups excluding carboxylic acids is 2. The van der Waals surface area contributed by atoms with Crippen LogP contribution in [-0.4, -0.2) is 77.2 Å². The van der Waals surface area contributed by atoms with Crippen molar-refractivity contribution in [2.75, 3.05) is 19.7 Å². The zero-order valence-corrected chi connectivity index (χ0v) is 14.2. The molecule has 3 amide bonds. The number of hydrogen-bond donors (Lipinski definition) is 3. The van der Waals surface area contributed by atoms with Gasteiger partial charge in [-0.05, 0) is 31.9 Å². The number of aliphatic carboxylic acids is 1. The maximum absolute atomic E-state index is 13.3. The van der Waals surface area contributed by atoms with Crippen LogP contribution in [0.15, 0.2) is 11.6 Å². The molecule has 0 radical (unpaired) electrons. The van der Waals surface area contributed by atoms with Crippen LogP contribution >= 0.6 is 0 Å². The molecule has 0 aromatic carbocycles. The largest absolute Gasteiger partial charge is 0.477 e. The van der Waals surface area contributed by atoms with Crippen LogP contribution in [0, 0.1) is 0 Å². The second-order valence-corrected chi connectivity index (χ2v) is 6.47. The van der Waals surface area contributed by atoms with Crippen LogP contribution in [0.4, 0.5) is 9.18 Å². The average molecular weight is 372 g/mol. The lowest BCUT2D eigenvalue weighted by Gasteiger charge is -2.29. The summed E-state index contributed by atoms with van der Waals surface area (Å²) in [4.78, 5) is 46.4. The molecule has 11 heteroatoms. The Bertz CT molecular complexity index is 623. The summed E-state index contributed by atoms with van der Waals surface area (Å²) >= 11 is 0. The van der Waals surface area contributed by atoms with E-state index in [1.54, 1.807) is 13.0 Å². The molecule has 0 saturated carbocycles. The molecule has 144 valence electrons. The van der Waals surface area contributed by atoms with Crippen LogP contribution in [-0.2, 0) is 19.3 Å². The van der Waals surface area contributed by atoms with Gasteiger partial charge in [-0.15, -0.1) is 0 Å². The van der Waals surface area contributed by atoms with Gasteiger partial charge in [-0.1, -0.05) is 6.08 Å². The lowest BCUT2D eigenvalue weighted by atomic mass is 10.0. The van der Waals surface area contributed by atoms with Crippen molar-refractivity contribution in [1.82, 2.24) is 20.8 Å². The second kappa shape index (κ2) is 7.56. The molecule has 3 aliphatic rings. The van der Waals surface area contributed by atoms with Gasteiger partial charge in [0.15, 0.2) is 0 Å². The number of carbonyl (C=O) groups is 3. The summed E-state index contributed by atoms with van der Waals surface area (Å²) in [5.74, 6) is -2.36. The van der Waals surface area contributed by atoms with Gasteiger partial charge >= 0.3 is 18.4 Å². The first-order valence-electron chi connectivity index (χ1n) is 8.35. The van der Waals surface area contributed by atoms with Gasteiger partial charge in [0.1, 0.15) is 6.04 Å². The van der Waals surface area contributed by atoms with E-state index in [2.05, 4.69) is 15.6 Å². The van der Waals surface area contributed by atoms with Gasteiger partial charge in [-0.3, -0.25) is 9.63 Å². The number of carboxylic acids is 1. The number of nitrogens with one attached hydrogen (secondary N) is 2. The summed E-state index contributed by atoms with van der Waals surface area (Å²) in [6.07, 6.45) is 0.934. The van der Waals surface area contributed by atoms with E-state index < -0.39 is 36.3 Å². The standard InChI is InChI=1S/C15H21FN4O6/c1-8-5-10-6-19(15(24)20(10)26-12(16)14(22)23)11(8)13(21)18-25-7-9-3-2-4-17-9/h5,9-12,17H,2-4,6-7H2,1H3,(H,18,21)(H,22,23)/t9-,10-,11-,12+/m0/s1. The highest BCUT2D eigenvalue weighted by Gasteiger charge is 2.48. The Morgan fingerprint density at radius 2 is 2.31 bits per heavy atom. The van der Waals surface area contributed by atoms with Gasteiger partial charge in [0.05, 0.1) is 19.2 Å². The van der Waals surface area contributed by atoms with E-state index in [0.29, 0.717) is 17.2 Å². The monoisotopic (exact) mass is 372 g/mol. The van der Waals surface area contributed by atoms with Gasteiger partial charge in [-0.25, -0.2) is 24.3 Å². The van der Waals surface area contributed by atoms with E-state index >= 15 is 0 Å². The van der Waals surface area contributed by atoms with Crippen molar-refractivity contribution >= 4 is 17.9 Å². The summed E-state index contributed by atoms with van der Waals surface area (Å²) < 4.78 is 13.3. The highest BCUT2D eigenvalue weighted by molar-refractivity contribution is 5.91. The SMILES string of the molecule is CC1=C[C@H]2CN(C(=O)N2O[C@@H](F)C(=O)O)[C@@H]1C(=O)NOC[C@@H]1CCCN1. The van der Waals surface area contributed by atoms with Crippen LogP contribution in [0.2, 0.25) is 0 Å². The van der Waals surface area contributed by atoms with Crippen LogP contribution in [0.1, 0.15) is 19.8 Å². The van der Waals surface area contributed by atoms with E-state index in [-0.39, 0.29) is 12.6 Å². The molecule has 0 aliphatic carbocycles. The Morgan fingerprint density at radius 1 is 1.54 bits per heavy atom. The van der Waals surface area contributed by atoms with E-state index in [0.717, 1.165) is 19.4 Å². The van der Waals surface area contributed by atoms with Crippen LogP contribution < -0.4 is 10.8 Å². The molecule has 2 bridgehead atoms. The van der Waals surface area contributed by atoms with Crippen molar-refractivity contribution in [1.29, 1.82) is 0 Å². The third-order valence-electron chi connectivity index (χ3n) is 4.59. The first kappa shape index (κ1) is 18.5. The predicted molar refractivity (Wildman–Crippen MR) is 84.0 cm³/mol. The minimum atomic E-state index is -2.66. The molecule has 2 saturated heterocycles. The molecule has 0 aromatic heterocycles. The summed E-state index contributed by atoms with van der Waals surface area (Å²) in [5.41, 5.74) is 2.91. The maximum atomic E-state index is 13.3. The van der Waals surface area contributed by atoms with E-state index in [4.69, 9.17) is 9.94 Å². The second-order valence-electron chi connectivity index (χ2n) is 6.47. The third-order valence-corrected chi connectivity index (χ3v) is 4.59. The Balaban J connectivity index is 1.60. The molecule has 2 fully saturated rings. The average Bonchev–Trinajstić information content (AvgIpc) is 3.18. The summed E-state index contributed by atoms with van der Waals surface area (Å²) in [7, 11) is 0. The summed E-state index contributed by atoms with van der Waals surface area (Å²) in [6.45, 7) is 2.97. The molecule has 26 heavy (non-hydrogen) atoms. The highest BCUT2D eigenvalue weighted by atomic mass is 19.1. The van der Waals surface area contributed by atoms with Crippen molar-refractivity contribution in [3.63, 3.8) is 0 Å². The van der Waals surface area contributed by atoms with Crippen molar-refractivity contribution in [2.45, 2.75) is 44.2 Å². The lowest BCUT2D eigenvalue weighted by molar-refractivity contribution is -0.219. The van der Waals surface area contributed by atoms with E-state index in [1.165, 1.54) is 4.90 Å². The van der Waals surface area contributed by atoms with Gasteiger partial charge in [0.2, 0.25) is 0 Å². The fourth-order valence-electron chi connectivity index (χ4n) is 3.38. The van der Waals surface area contributed by atoms with Gasteiger partial charge < -0.3 is 15.3 Å². The lowest BCUT2D eigenvalue weighted by Crippen LogP contribution is -2.50. The number of hydrogen-bond acceptors (Lipinski definition) is 6. The molecule has 10 nitrogen and oxygen atoms in total. The molecule has 3 heterocycles. The smallest absolute Gasteiger partial charge is 0.368 e. The minimum absolute atomic E-state index is 0.0881. The van der Waals surface area contributed by atoms with E-state index in [1.807, 2.05) is 0 Å². The topological polar surface area (TPSA) is 120 Å². The normalized spacial score (nSPS) is 28.9. The molecular formula is C15H21FN4O6. The van der Waals surface area contributed by atoms with Crippen LogP contribution in [0.3, 0.4) is 0 Å². The van der Waals surface area contributed by atoms with Gasteiger partial charge in [-0.2, -0.15) is 5.06 Å². The number of hydroxylamine groups is 3. The zero-order valence-electron chi connectivity index (χ0n) is 14.2. The summed E-state index contributed by atoms with van der Waals surface area (Å²) in [5, 5.41) is 12.5. The number of amides is 3. The number of fused-ring (bicyclic) bond motifs is 2. The van der Waals surface area contributed by atoms with Crippen molar-refractivity contribution in [3.8, 4) is 0 Å². The fraction of sp³-hybridized carbons (Fsp3) is 0.667. The van der Waals surface area contributed by atoms with Gasteiger partial charge in [0, 0.05) is 6.04 Å². The third kappa shape index (κ3) is 3.64. The molecule has 0 unspecified atom stereocenters. The first-order chi connectivity index (χ1) is 12.4. The first-order valence-corrected chi connectivity index (χ1v) is 8.35. The Morgan fingerprint density at radius 3 is 2.96 bits per heavy atom. The maximum Gasteiger partial charge on any atom is 0.368 e. The number of carboxylic acid groups (broad SMARTS) is 1. The Hall–Kier alpha value is -2.24. The van der Waals surface area contributed by atoms with Crippen molar-refractivity contribution in [2.24, 2.45) is 0 Å². The molecule has 4 atom stereocenters. The van der Waals surface area contributed by atoms with Crippen LogP contribution in [0.5, 0.6) is 0 Å². The quantitative estimate of drug-likeness (QED) is 0.408. The number of rotatable bonds is 7.